The highest BCUT2D eigenvalue weighted by Gasteiger charge is 2.20. The number of hydrogen-bond acceptors (Lipinski definition) is 4. The van der Waals surface area contributed by atoms with Crippen LogP contribution in [0.25, 0.3) is 0 Å². The largest absolute Gasteiger partial charge is 0.381 e. The van der Waals surface area contributed by atoms with Crippen molar-refractivity contribution in [3.63, 3.8) is 0 Å². The summed E-state index contributed by atoms with van der Waals surface area (Å²) in [4.78, 5) is 4.58. The fraction of sp³-hybridized carbons (Fsp3) is 0.765. The molecule has 2 N–H and O–H groups in total. The predicted molar refractivity (Wildman–Crippen MR) is 107 cm³/mol. The van der Waals surface area contributed by atoms with Gasteiger partial charge in [0, 0.05) is 38.4 Å². The average molecular weight is 450 g/mol. The summed E-state index contributed by atoms with van der Waals surface area (Å²) in [6, 6.07) is 0. The Bertz CT molecular complexity index is 481. The molecule has 1 aliphatic carbocycles. The SMILES string of the molecule is CCNC(=NCCCOCC1CC1)NCCc1c(C)noc1C.I. The second-order valence-electron chi connectivity index (χ2n) is 6.11. The second kappa shape index (κ2) is 11.7. The Morgan fingerprint density at radius 1 is 1.33 bits per heavy atom. The van der Waals surface area contributed by atoms with Gasteiger partial charge >= 0.3 is 0 Å². The summed E-state index contributed by atoms with van der Waals surface area (Å²) in [5.74, 6) is 2.60. The van der Waals surface area contributed by atoms with E-state index in [9.17, 15) is 0 Å². The fourth-order valence-electron chi connectivity index (χ4n) is 2.40. The average Bonchev–Trinajstić information content (AvgIpc) is 3.31. The lowest BCUT2D eigenvalue weighted by Crippen LogP contribution is -2.38. The van der Waals surface area contributed by atoms with Crippen molar-refractivity contribution in [1.29, 1.82) is 0 Å². The molecule has 0 atom stereocenters. The highest BCUT2D eigenvalue weighted by Crippen LogP contribution is 2.28. The molecule has 0 amide bonds. The quantitative estimate of drug-likeness (QED) is 0.248. The van der Waals surface area contributed by atoms with Crippen LogP contribution in [0, 0.1) is 19.8 Å². The monoisotopic (exact) mass is 450 g/mol. The Morgan fingerprint density at radius 3 is 2.75 bits per heavy atom. The Labute approximate surface area is 162 Å². The molecule has 138 valence electrons. The molecule has 0 radical (unpaired) electrons. The molecule has 1 aromatic rings. The highest BCUT2D eigenvalue weighted by molar-refractivity contribution is 14.0. The number of halogens is 1. The van der Waals surface area contributed by atoms with Gasteiger partial charge in [0.05, 0.1) is 5.69 Å². The number of guanidine groups is 1. The van der Waals surface area contributed by atoms with Crippen molar-refractivity contribution in [1.82, 2.24) is 15.8 Å². The molecule has 1 aliphatic rings. The zero-order valence-corrected chi connectivity index (χ0v) is 17.4. The summed E-state index contributed by atoms with van der Waals surface area (Å²) in [5, 5.41) is 10.6. The van der Waals surface area contributed by atoms with Crippen LogP contribution in [0.15, 0.2) is 9.52 Å². The van der Waals surface area contributed by atoms with Crippen molar-refractivity contribution in [2.75, 3.05) is 32.8 Å². The Balaban J connectivity index is 0.00000288. The predicted octanol–water partition coefficient (Wildman–Crippen LogP) is 2.82. The molecule has 1 heterocycles. The Kier molecular flexibility index (Phi) is 10.3. The van der Waals surface area contributed by atoms with Crippen molar-refractivity contribution in [2.45, 2.75) is 46.5 Å². The molecule has 6 nitrogen and oxygen atoms in total. The first-order valence-corrected chi connectivity index (χ1v) is 8.72. The smallest absolute Gasteiger partial charge is 0.191 e. The molecule has 1 aromatic heterocycles. The topological polar surface area (TPSA) is 71.7 Å². The van der Waals surface area contributed by atoms with Gasteiger partial charge in [-0.3, -0.25) is 4.99 Å². The van der Waals surface area contributed by atoms with E-state index in [4.69, 9.17) is 9.26 Å². The summed E-state index contributed by atoms with van der Waals surface area (Å²) in [6.45, 7) is 10.2. The van der Waals surface area contributed by atoms with Crippen molar-refractivity contribution in [2.24, 2.45) is 10.9 Å². The van der Waals surface area contributed by atoms with Crippen molar-refractivity contribution >= 4 is 29.9 Å². The Hall–Kier alpha value is -0.830. The molecule has 0 bridgehead atoms. The highest BCUT2D eigenvalue weighted by atomic mass is 127. The lowest BCUT2D eigenvalue weighted by Gasteiger charge is -2.11. The third-order valence-corrected chi connectivity index (χ3v) is 3.96. The molecule has 24 heavy (non-hydrogen) atoms. The van der Waals surface area contributed by atoms with Crippen molar-refractivity contribution in [3.8, 4) is 0 Å². The molecule has 1 saturated carbocycles. The van der Waals surface area contributed by atoms with Crippen LogP contribution in [0.4, 0.5) is 0 Å². The molecule has 7 heteroatoms. The minimum absolute atomic E-state index is 0. The molecular weight excluding hydrogens is 419 g/mol. The molecule has 0 saturated heterocycles. The maximum absolute atomic E-state index is 5.63. The fourth-order valence-corrected chi connectivity index (χ4v) is 2.40. The van der Waals surface area contributed by atoms with E-state index in [0.717, 1.165) is 69.0 Å². The first kappa shape index (κ1) is 21.2. The van der Waals surface area contributed by atoms with E-state index >= 15 is 0 Å². The third-order valence-electron chi connectivity index (χ3n) is 3.96. The lowest BCUT2D eigenvalue weighted by molar-refractivity contribution is 0.123. The van der Waals surface area contributed by atoms with Gasteiger partial charge in [-0.05, 0) is 52.4 Å². The van der Waals surface area contributed by atoms with Gasteiger partial charge in [0.15, 0.2) is 5.96 Å². The van der Waals surface area contributed by atoms with Crippen molar-refractivity contribution < 1.29 is 9.26 Å². The summed E-state index contributed by atoms with van der Waals surface area (Å²) < 4.78 is 10.8. The van der Waals surface area contributed by atoms with E-state index in [2.05, 4.69) is 27.7 Å². The minimum atomic E-state index is 0. The van der Waals surface area contributed by atoms with Gasteiger partial charge in [0.1, 0.15) is 5.76 Å². The van der Waals surface area contributed by atoms with Crippen LogP contribution in [-0.4, -0.2) is 44.0 Å². The van der Waals surface area contributed by atoms with Crippen LogP contribution in [0.2, 0.25) is 0 Å². The van der Waals surface area contributed by atoms with E-state index in [1.807, 2.05) is 13.8 Å². The van der Waals surface area contributed by atoms with Gasteiger partial charge in [-0.1, -0.05) is 5.16 Å². The van der Waals surface area contributed by atoms with Crippen LogP contribution in [0.5, 0.6) is 0 Å². The van der Waals surface area contributed by atoms with E-state index < -0.39 is 0 Å². The van der Waals surface area contributed by atoms with Gasteiger partial charge in [0.2, 0.25) is 0 Å². The summed E-state index contributed by atoms with van der Waals surface area (Å²) >= 11 is 0. The van der Waals surface area contributed by atoms with E-state index in [1.54, 1.807) is 0 Å². The molecule has 1 fully saturated rings. The van der Waals surface area contributed by atoms with Gasteiger partial charge in [-0.2, -0.15) is 0 Å². The molecule has 0 spiro atoms. The lowest BCUT2D eigenvalue weighted by atomic mass is 10.1. The molecular formula is C17H31IN4O2. The van der Waals surface area contributed by atoms with E-state index in [-0.39, 0.29) is 24.0 Å². The number of nitrogens with zero attached hydrogens (tertiary/aromatic N) is 2. The van der Waals surface area contributed by atoms with Gasteiger partial charge in [-0.25, -0.2) is 0 Å². The first-order valence-electron chi connectivity index (χ1n) is 8.72. The van der Waals surface area contributed by atoms with Crippen molar-refractivity contribution in [3.05, 3.63) is 17.0 Å². The number of aryl methyl sites for hydroxylation is 2. The zero-order chi connectivity index (χ0) is 16.5. The minimum Gasteiger partial charge on any atom is -0.381 e. The van der Waals surface area contributed by atoms with Crippen LogP contribution in [-0.2, 0) is 11.2 Å². The number of rotatable bonds is 10. The molecule has 2 rings (SSSR count). The number of aromatic nitrogens is 1. The van der Waals surface area contributed by atoms with E-state index in [1.165, 1.54) is 18.4 Å². The molecule has 0 unspecified atom stereocenters. The zero-order valence-electron chi connectivity index (χ0n) is 15.1. The summed E-state index contributed by atoms with van der Waals surface area (Å²) in [7, 11) is 0. The maximum atomic E-state index is 5.63. The normalized spacial score (nSPS) is 14.4. The van der Waals surface area contributed by atoms with Gasteiger partial charge in [0.25, 0.3) is 0 Å². The molecule has 0 aromatic carbocycles. The number of aliphatic imine (C=N–C) groups is 1. The van der Waals surface area contributed by atoms with Gasteiger partial charge < -0.3 is 19.9 Å². The third kappa shape index (κ3) is 7.83. The molecule has 0 aliphatic heterocycles. The van der Waals surface area contributed by atoms with Crippen LogP contribution >= 0.6 is 24.0 Å². The van der Waals surface area contributed by atoms with Crippen LogP contribution < -0.4 is 10.6 Å². The maximum Gasteiger partial charge on any atom is 0.191 e. The van der Waals surface area contributed by atoms with Gasteiger partial charge in [-0.15, -0.1) is 24.0 Å². The summed E-state index contributed by atoms with van der Waals surface area (Å²) in [5.41, 5.74) is 2.15. The Morgan fingerprint density at radius 2 is 2.12 bits per heavy atom. The first-order chi connectivity index (χ1) is 11.2. The van der Waals surface area contributed by atoms with Crippen LogP contribution in [0.1, 0.15) is 43.2 Å². The summed E-state index contributed by atoms with van der Waals surface area (Å²) in [6.07, 6.45) is 4.54. The second-order valence-corrected chi connectivity index (χ2v) is 6.11. The number of hydrogen-bond donors (Lipinski definition) is 2. The van der Waals surface area contributed by atoms with Crippen LogP contribution in [0.3, 0.4) is 0 Å². The standard InChI is InChI=1S/C17H30N4O2.HI/c1-4-18-17(19-9-5-11-22-12-15-6-7-15)20-10-8-16-13(2)21-23-14(16)3;/h15H,4-12H2,1-3H3,(H2,18,19,20);1H. The number of ether oxygens (including phenoxy) is 1. The number of nitrogens with one attached hydrogen (secondary N) is 2. The van der Waals surface area contributed by atoms with E-state index in [0.29, 0.717) is 0 Å².